The van der Waals surface area contributed by atoms with Crippen molar-refractivity contribution in [2.75, 3.05) is 6.61 Å². The Morgan fingerprint density at radius 3 is 2.92 bits per heavy atom. The van der Waals surface area contributed by atoms with Crippen molar-refractivity contribution in [3.05, 3.63) is 24.0 Å². The van der Waals surface area contributed by atoms with E-state index in [0.29, 0.717) is 0 Å². The van der Waals surface area contributed by atoms with E-state index in [1.165, 1.54) is 25.7 Å². The third kappa shape index (κ3) is 3.61. The van der Waals surface area contributed by atoms with Gasteiger partial charge in [-0.25, -0.2) is 0 Å². The lowest BCUT2D eigenvalue weighted by atomic mass is 10.2. The lowest BCUT2D eigenvalue weighted by Gasteiger charge is -2.08. The predicted molar refractivity (Wildman–Crippen MR) is 51.9 cm³/mol. The zero-order valence-corrected chi connectivity index (χ0v) is 7.88. The molecule has 12 heavy (non-hydrogen) atoms. The van der Waals surface area contributed by atoms with Gasteiger partial charge in [0.2, 0.25) is 0 Å². The van der Waals surface area contributed by atoms with Gasteiger partial charge >= 0.3 is 0 Å². The van der Waals surface area contributed by atoms with Crippen LogP contribution >= 0.6 is 0 Å². The van der Waals surface area contributed by atoms with Crippen molar-refractivity contribution in [1.29, 1.82) is 0 Å². The highest BCUT2D eigenvalue weighted by molar-refractivity contribution is 5.15. The summed E-state index contributed by atoms with van der Waals surface area (Å²) in [7, 11) is 0. The molecule has 0 N–H and O–H groups in total. The van der Waals surface area contributed by atoms with Crippen molar-refractivity contribution in [1.82, 2.24) is 0 Å². The minimum atomic E-state index is 0.879. The van der Waals surface area contributed by atoms with Gasteiger partial charge in [-0.05, 0) is 31.4 Å². The molecule has 1 rings (SSSR count). The van der Waals surface area contributed by atoms with E-state index in [-0.39, 0.29) is 0 Å². The molecule has 0 saturated heterocycles. The molecular weight excluding hydrogens is 148 g/mol. The minimum absolute atomic E-state index is 0.879. The zero-order valence-electron chi connectivity index (χ0n) is 7.88. The quantitative estimate of drug-likeness (QED) is 0.568. The fraction of sp³-hybridized carbons (Fsp3) is 0.636. The Balaban J connectivity index is 2.06. The van der Waals surface area contributed by atoms with Gasteiger partial charge in [0.1, 0.15) is 5.76 Å². The van der Waals surface area contributed by atoms with Gasteiger partial charge in [0.05, 0.1) is 6.61 Å². The molecule has 0 heterocycles. The van der Waals surface area contributed by atoms with E-state index in [9.17, 15) is 0 Å². The van der Waals surface area contributed by atoms with Gasteiger partial charge < -0.3 is 4.74 Å². The summed E-state index contributed by atoms with van der Waals surface area (Å²) < 4.78 is 5.56. The molecule has 0 aromatic rings. The molecule has 0 amide bonds. The standard InChI is InChI=1S/C11H18O/c1-2-3-7-10-12-11-8-5-4-6-9-11/h5,8-9H,2-4,6-7,10H2,1H3. The molecule has 68 valence electrons. The smallest absolute Gasteiger partial charge is 0.114 e. The van der Waals surface area contributed by atoms with Crippen LogP contribution in [0, 0.1) is 0 Å². The first kappa shape index (κ1) is 9.37. The molecule has 1 aliphatic carbocycles. The van der Waals surface area contributed by atoms with Crippen LogP contribution in [-0.4, -0.2) is 6.61 Å². The van der Waals surface area contributed by atoms with Crippen LogP contribution in [0.4, 0.5) is 0 Å². The molecule has 0 fully saturated rings. The number of rotatable bonds is 5. The summed E-state index contributed by atoms with van der Waals surface area (Å²) in [6, 6.07) is 0. The molecule has 0 aromatic carbocycles. The van der Waals surface area contributed by atoms with Gasteiger partial charge in [-0.2, -0.15) is 0 Å². The van der Waals surface area contributed by atoms with Crippen molar-refractivity contribution >= 4 is 0 Å². The largest absolute Gasteiger partial charge is 0.494 e. The van der Waals surface area contributed by atoms with Crippen LogP contribution in [-0.2, 0) is 4.74 Å². The van der Waals surface area contributed by atoms with Gasteiger partial charge in [0.25, 0.3) is 0 Å². The number of allylic oxidation sites excluding steroid dienone is 3. The topological polar surface area (TPSA) is 9.23 Å². The maximum Gasteiger partial charge on any atom is 0.114 e. The molecule has 1 heteroatoms. The second kappa shape index (κ2) is 5.87. The Hall–Kier alpha value is -0.720. The molecule has 0 aromatic heterocycles. The summed E-state index contributed by atoms with van der Waals surface area (Å²) >= 11 is 0. The van der Waals surface area contributed by atoms with Crippen molar-refractivity contribution in [2.45, 2.75) is 39.0 Å². The van der Waals surface area contributed by atoms with E-state index < -0.39 is 0 Å². The summed E-state index contributed by atoms with van der Waals surface area (Å²) in [6.07, 6.45) is 12.5. The van der Waals surface area contributed by atoms with E-state index in [2.05, 4.69) is 25.2 Å². The Bertz CT molecular complexity index is 168. The monoisotopic (exact) mass is 166 g/mol. The van der Waals surface area contributed by atoms with E-state index in [1.807, 2.05) is 0 Å². The van der Waals surface area contributed by atoms with E-state index >= 15 is 0 Å². The lowest BCUT2D eigenvalue weighted by Crippen LogP contribution is -1.95. The van der Waals surface area contributed by atoms with Crippen LogP contribution in [0.2, 0.25) is 0 Å². The number of ether oxygens (including phenoxy) is 1. The highest BCUT2D eigenvalue weighted by Crippen LogP contribution is 2.11. The zero-order chi connectivity index (χ0) is 8.65. The molecule has 0 unspecified atom stereocenters. The molecule has 0 aliphatic heterocycles. The van der Waals surface area contributed by atoms with Crippen LogP contribution in [0.3, 0.4) is 0 Å². The van der Waals surface area contributed by atoms with Gasteiger partial charge in [0, 0.05) is 0 Å². The molecule has 0 saturated carbocycles. The van der Waals surface area contributed by atoms with E-state index in [4.69, 9.17) is 4.74 Å². The third-order valence-electron chi connectivity index (χ3n) is 1.98. The molecule has 0 atom stereocenters. The van der Waals surface area contributed by atoms with Crippen molar-refractivity contribution in [2.24, 2.45) is 0 Å². The Morgan fingerprint density at radius 2 is 2.25 bits per heavy atom. The fourth-order valence-electron chi connectivity index (χ4n) is 1.24. The molecule has 0 spiro atoms. The number of unbranched alkanes of at least 4 members (excludes halogenated alkanes) is 2. The molecule has 0 bridgehead atoms. The fourth-order valence-corrected chi connectivity index (χ4v) is 1.24. The van der Waals surface area contributed by atoms with Crippen molar-refractivity contribution in [3.8, 4) is 0 Å². The summed E-state index contributed by atoms with van der Waals surface area (Å²) in [5.41, 5.74) is 0. The number of hydrogen-bond donors (Lipinski definition) is 0. The van der Waals surface area contributed by atoms with Crippen LogP contribution in [0.15, 0.2) is 24.0 Å². The number of hydrogen-bond acceptors (Lipinski definition) is 1. The van der Waals surface area contributed by atoms with Gasteiger partial charge in [-0.15, -0.1) is 0 Å². The van der Waals surface area contributed by atoms with Gasteiger partial charge in [0.15, 0.2) is 0 Å². The second-order valence-electron chi connectivity index (χ2n) is 3.14. The van der Waals surface area contributed by atoms with E-state index in [1.54, 1.807) is 0 Å². The first-order valence-electron chi connectivity index (χ1n) is 4.93. The van der Waals surface area contributed by atoms with Crippen LogP contribution in [0.5, 0.6) is 0 Å². The highest BCUT2D eigenvalue weighted by atomic mass is 16.5. The molecule has 0 radical (unpaired) electrons. The Kier molecular flexibility index (Phi) is 4.58. The highest BCUT2D eigenvalue weighted by Gasteiger charge is 1.96. The van der Waals surface area contributed by atoms with Gasteiger partial charge in [-0.3, -0.25) is 0 Å². The SMILES string of the molecule is CCCCCOC1=CCCC=C1. The Labute approximate surface area is 75.1 Å². The lowest BCUT2D eigenvalue weighted by molar-refractivity contribution is 0.215. The summed E-state index contributed by atoms with van der Waals surface area (Å²) in [5.74, 6) is 1.07. The Morgan fingerprint density at radius 1 is 1.33 bits per heavy atom. The minimum Gasteiger partial charge on any atom is -0.494 e. The maximum absolute atomic E-state index is 5.56. The van der Waals surface area contributed by atoms with Crippen LogP contribution in [0.25, 0.3) is 0 Å². The van der Waals surface area contributed by atoms with E-state index in [0.717, 1.165) is 18.8 Å². The molecular formula is C11H18O. The van der Waals surface area contributed by atoms with Crippen LogP contribution < -0.4 is 0 Å². The summed E-state index contributed by atoms with van der Waals surface area (Å²) in [4.78, 5) is 0. The summed E-state index contributed by atoms with van der Waals surface area (Å²) in [5, 5.41) is 0. The maximum atomic E-state index is 5.56. The average Bonchev–Trinajstić information content (AvgIpc) is 2.14. The predicted octanol–water partition coefficient (Wildman–Crippen LogP) is 3.43. The van der Waals surface area contributed by atoms with Crippen molar-refractivity contribution < 1.29 is 4.74 Å². The first-order valence-corrected chi connectivity index (χ1v) is 4.93. The molecule has 1 aliphatic rings. The normalized spacial score (nSPS) is 15.9. The third-order valence-corrected chi connectivity index (χ3v) is 1.98. The summed E-state index contributed by atoms with van der Waals surface area (Å²) in [6.45, 7) is 3.09. The van der Waals surface area contributed by atoms with Crippen LogP contribution in [0.1, 0.15) is 39.0 Å². The first-order chi connectivity index (χ1) is 5.93. The molecule has 1 nitrogen and oxygen atoms in total. The van der Waals surface area contributed by atoms with Crippen molar-refractivity contribution in [3.63, 3.8) is 0 Å². The van der Waals surface area contributed by atoms with Gasteiger partial charge in [-0.1, -0.05) is 25.8 Å². The second-order valence-corrected chi connectivity index (χ2v) is 3.14. The average molecular weight is 166 g/mol.